The zero-order valence-corrected chi connectivity index (χ0v) is 12.2. The van der Waals surface area contributed by atoms with E-state index in [1.54, 1.807) is 7.11 Å². The number of hydrogen-bond acceptors (Lipinski definition) is 2. The number of aryl methyl sites for hydroxylation is 1. The third kappa shape index (κ3) is 2.79. The van der Waals surface area contributed by atoms with Gasteiger partial charge in [0.15, 0.2) is 0 Å². The Balaban J connectivity index is 2.08. The molecule has 0 aliphatic heterocycles. The molecule has 0 fully saturated rings. The first-order valence-corrected chi connectivity index (χ1v) is 6.94. The predicted molar refractivity (Wildman–Crippen MR) is 88.9 cm³/mol. The fourth-order valence-corrected chi connectivity index (χ4v) is 2.36. The molecule has 0 aliphatic carbocycles. The van der Waals surface area contributed by atoms with Gasteiger partial charge in [0.2, 0.25) is 0 Å². The van der Waals surface area contributed by atoms with Gasteiger partial charge in [-0.05, 0) is 35.9 Å². The summed E-state index contributed by atoms with van der Waals surface area (Å²) >= 11 is 0. The van der Waals surface area contributed by atoms with Crippen LogP contribution in [0.3, 0.4) is 0 Å². The third-order valence-electron chi connectivity index (χ3n) is 3.53. The highest BCUT2D eigenvalue weighted by Crippen LogP contribution is 2.27. The van der Waals surface area contributed by atoms with E-state index in [1.807, 2.05) is 36.5 Å². The molecule has 0 aromatic heterocycles. The topological polar surface area (TPSA) is 21.6 Å². The van der Waals surface area contributed by atoms with E-state index in [-0.39, 0.29) is 0 Å². The highest BCUT2D eigenvalue weighted by molar-refractivity contribution is 6.03. The van der Waals surface area contributed by atoms with E-state index in [0.29, 0.717) is 0 Å². The predicted octanol–water partition coefficient (Wildman–Crippen LogP) is 4.91. The molecule has 2 nitrogen and oxygen atoms in total. The minimum absolute atomic E-state index is 0.838. The van der Waals surface area contributed by atoms with E-state index in [0.717, 1.165) is 22.4 Å². The molecule has 3 aromatic rings. The van der Waals surface area contributed by atoms with Gasteiger partial charge in [0.1, 0.15) is 5.75 Å². The molecule has 0 spiro atoms. The van der Waals surface area contributed by atoms with Crippen molar-refractivity contribution < 1.29 is 4.74 Å². The number of rotatable bonds is 3. The van der Waals surface area contributed by atoms with E-state index in [2.05, 4.69) is 42.2 Å². The number of aliphatic imine (C=N–C) groups is 1. The van der Waals surface area contributed by atoms with Crippen LogP contribution in [0.25, 0.3) is 10.8 Å². The second-order valence-electron chi connectivity index (χ2n) is 5.00. The fourth-order valence-electron chi connectivity index (χ4n) is 2.36. The van der Waals surface area contributed by atoms with Crippen LogP contribution in [0.2, 0.25) is 0 Å². The largest absolute Gasteiger partial charge is 0.496 e. The molecule has 0 bridgehead atoms. The van der Waals surface area contributed by atoms with Gasteiger partial charge in [-0.2, -0.15) is 0 Å². The second-order valence-corrected chi connectivity index (χ2v) is 5.00. The molecule has 3 aromatic carbocycles. The summed E-state index contributed by atoms with van der Waals surface area (Å²) in [6, 6.07) is 20.5. The number of benzene rings is 3. The van der Waals surface area contributed by atoms with Gasteiger partial charge in [0, 0.05) is 11.8 Å². The standard InChI is InChI=1S/C19H17NO/c1-14-7-10-16(11-8-14)20-13-18-17-6-4-3-5-15(17)9-12-19(18)21-2/h3-13H,1-2H3. The van der Waals surface area contributed by atoms with Crippen LogP contribution in [-0.2, 0) is 0 Å². The van der Waals surface area contributed by atoms with Crippen LogP contribution < -0.4 is 4.74 Å². The first kappa shape index (κ1) is 13.4. The molecule has 3 rings (SSSR count). The van der Waals surface area contributed by atoms with Crippen LogP contribution in [0, 0.1) is 6.92 Å². The first-order valence-electron chi connectivity index (χ1n) is 6.94. The lowest BCUT2D eigenvalue weighted by Gasteiger charge is -2.08. The monoisotopic (exact) mass is 275 g/mol. The molecule has 0 atom stereocenters. The van der Waals surface area contributed by atoms with Crippen LogP contribution in [-0.4, -0.2) is 13.3 Å². The van der Waals surface area contributed by atoms with Crippen molar-refractivity contribution in [2.24, 2.45) is 4.99 Å². The lowest BCUT2D eigenvalue weighted by Crippen LogP contribution is -1.92. The van der Waals surface area contributed by atoms with Gasteiger partial charge in [0.25, 0.3) is 0 Å². The second kappa shape index (κ2) is 5.80. The Kier molecular flexibility index (Phi) is 3.69. The van der Waals surface area contributed by atoms with E-state index in [9.17, 15) is 0 Å². The summed E-state index contributed by atoms with van der Waals surface area (Å²) in [7, 11) is 1.69. The Morgan fingerprint density at radius 2 is 1.67 bits per heavy atom. The molecule has 0 aliphatic rings. The van der Waals surface area contributed by atoms with Crippen molar-refractivity contribution in [1.82, 2.24) is 0 Å². The van der Waals surface area contributed by atoms with Crippen molar-refractivity contribution in [3.8, 4) is 5.75 Å². The average molecular weight is 275 g/mol. The Morgan fingerprint density at radius 1 is 0.905 bits per heavy atom. The molecule has 0 amide bonds. The molecule has 2 heteroatoms. The van der Waals surface area contributed by atoms with Gasteiger partial charge in [0.05, 0.1) is 12.8 Å². The molecule has 21 heavy (non-hydrogen) atoms. The normalized spacial score (nSPS) is 11.1. The van der Waals surface area contributed by atoms with Gasteiger partial charge in [-0.25, -0.2) is 0 Å². The SMILES string of the molecule is COc1ccc2ccccc2c1C=Nc1ccc(C)cc1. The fraction of sp³-hybridized carbons (Fsp3) is 0.105. The van der Waals surface area contributed by atoms with Crippen molar-refractivity contribution in [2.75, 3.05) is 7.11 Å². The van der Waals surface area contributed by atoms with Crippen molar-refractivity contribution >= 4 is 22.7 Å². The summed E-state index contributed by atoms with van der Waals surface area (Å²) in [5.41, 5.74) is 3.18. The van der Waals surface area contributed by atoms with Crippen LogP contribution >= 0.6 is 0 Å². The molecule has 0 heterocycles. The Labute approximate surface area is 124 Å². The summed E-state index contributed by atoms with van der Waals surface area (Å²) in [5, 5.41) is 2.33. The number of ether oxygens (including phenoxy) is 1. The van der Waals surface area contributed by atoms with Gasteiger partial charge < -0.3 is 4.74 Å². The van der Waals surface area contributed by atoms with Crippen LogP contribution in [0.1, 0.15) is 11.1 Å². The van der Waals surface area contributed by atoms with E-state index in [1.165, 1.54) is 10.9 Å². The number of nitrogens with zero attached hydrogens (tertiary/aromatic N) is 1. The number of fused-ring (bicyclic) bond motifs is 1. The van der Waals surface area contributed by atoms with Gasteiger partial charge in [-0.1, -0.05) is 48.0 Å². The average Bonchev–Trinajstić information content (AvgIpc) is 2.54. The molecular formula is C19H17NO. The molecule has 104 valence electrons. The maximum Gasteiger partial charge on any atom is 0.128 e. The minimum Gasteiger partial charge on any atom is -0.496 e. The van der Waals surface area contributed by atoms with E-state index in [4.69, 9.17) is 4.74 Å². The molecule has 0 unspecified atom stereocenters. The highest BCUT2D eigenvalue weighted by Gasteiger charge is 2.05. The smallest absolute Gasteiger partial charge is 0.128 e. The molecule has 0 saturated heterocycles. The molecule has 0 saturated carbocycles. The van der Waals surface area contributed by atoms with Gasteiger partial charge in [-0.15, -0.1) is 0 Å². The Bertz CT molecular complexity index is 788. The van der Waals surface area contributed by atoms with Crippen LogP contribution in [0.5, 0.6) is 5.75 Å². The van der Waals surface area contributed by atoms with Gasteiger partial charge in [-0.3, -0.25) is 4.99 Å². The third-order valence-corrected chi connectivity index (χ3v) is 3.53. The summed E-state index contributed by atoms with van der Waals surface area (Å²) in [5.74, 6) is 0.838. The van der Waals surface area contributed by atoms with E-state index >= 15 is 0 Å². The maximum absolute atomic E-state index is 5.47. The van der Waals surface area contributed by atoms with E-state index < -0.39 is 0 Å². The summed E-state index contributed by atoms with van der Waals surface area (Å²) < 4.78 is 5.47. The van der Waals surface area contributed by atoms with Crippen molar-refractivity contribution in [3.05, 3.63) is 71.8 Å². The van der Waals surface area contributed by atoms with Crippen molar-refractivity contribution in [2.45, 2.75) is 6.92 Å². The highest BCUT2D eigenvalue weighted by atomic mass is 16.5. The Morgan fingerprint density at radius 3 is 2.43 bits per heavy atom. The molecule has 0 N–H and O–H groups in total. The molecular weight excluding hydrogens is 258 g/mol. The minimum atomic E-state index is 0.838. The number of hydrogen-bond donors (Lipinski definition) is 0. The zero-order chi connectivity index (χ0) is 14.7. The quantitative estimate of drug-likeness (QED) is 0.622. The summed E-state index contributed by atoms with van der Waals surface area (Å²) in [6.07, 6.45) is 1.88. The van der Waals surface area contributed by atoms with Crippen molar-refractivity contribution in [3.63, 3.8) is 0 Å². The zero-order valence-electron chi connectivity index (χ0n) is 12.2. The lowest BCUT2D eigenvalue weighted by atomic mass is 10.0. The first-order chi connectivity index (χ1) is 10.3. The number of methoxy groups -OCH3 is 1. The van der Waals surface area contributed by atoms with Crippen LogP contribution in [0.15, 0.2) is 65.7 Å². The summed E-state index contributed by atoms with van der Waals surface area (Å²) in [4.78, 5) is 4.57. The maximum atomic E-state index is 5.47. The lowest BCUT2D eigenvalue weighted by molar-refractivity contribution is 0.415. The van der Waals surface area contributed by atoms with Gasteiger partial charge >= 0.3 is 0 Å². The molecule has 0 radical (unpaired) electrons. The summed E-state index contributed by atoms with van der Waals surface area (Å²) in [6.45, 7) is 2.07. The van der Waals surface area contributed by atoms with Crippen LogP contribution in [0.4, 0.5) is 5.69 Å². The van der Waals surface area contributed by atoms with Crippen molar-refractivity contribution in [1.29, 1.82) is 0 Å². The Hall–Kier alpha value is -2.61.